The molecule has 0 saturated heterocycles. The minimum atomic E-state index is -0.745. The van der Waals surface area contributed by atoms with Gasteiger partial charge in [-0.1, -0.05) is 123 Å². The molecule has 190 valence electrons. The molecule has 0 radical (unpaired) electrons. The summed E-state index contributed by atoms with van der Waals surface area (Å²) >= 11 is 0. The fourth-order valence-corrected chi connectivity index (χ4v) is 3.42. The molecular formula is C27H53NO4. The van der Waals surface area contributed by atoms with E-state index in [1.54, 1.807) is 13.1 Å². The highest BCUT2D eigenvalue weighted by molar-refractivity contribution is 5.85. The van der Waals surface area contributed by atoms with Crippen LogP contribution >= 0.6 is 0 Å². The van der Waals surface area contributed by atoms with Gasteiger partial charge in [-0.25, -0.2) is 0 Å². The Morgan fingerprint density at radius 1 is 0.688 bits per heavy atom. The molecule has 0 rings (SSSR count). The lowest BCUT2D eigenvalue weighted by Crippen LogP contribution is -2.00. The number of nitrogens with zero attached hydrogens (tertiary/aromatic N) is 1. The Balaban J connectivity index is 0. The summed E-state index contributed by atoms with van der Waals surface area (Å²) in [5.74, 6) is -0.957. The van der Waals surface area contributed by atoms with Gasteiger partial charge in [0.15, 0.2) is 0 Å². The highest BCUT2D eigenvalue weighted by atomic mass is 16.5. The molecule has 0 bridgehead atoms. The van der Waals surface area contributed by atoms with Gasteiger partial charge in [0, 0.05) is 19.2 Å². The number of ether oxygens (including phenoxy) is 1. The fourth-order valence-electron chi connectivity index (χ4n) is 3.42. The van der Waals surface area contributed by atoms with E-state index in [-0.39, 0.29) is 12.4 Å². The maximum atomic E-state index is 10.9. The topological polar surface area (TPSA) is 76.0 Å². The average Bonchev–Trinajstić information content (AvgIpc) is 2.80. The first-order valence-electron chi connectivity index (χ1n) is 13.3. The number of esters is 1. The lowest BCUT2D eigenvalue weighted by atomic mass is 10.0. The van der Waals surface area contributed by atoms with E-state index in [0.29, 0.717) is 6.42 Å². The molecule has 0 fully saturated rings. The van der Waals surface area contributed by atoms with Gasteiger partial charge in [-0.2, -0.15) is 0 Å². The van der Waals surface area contributed by atoms with Crippen LogP contribution < -0.4 is 0 Å². The number of aliphatic carboxylic acids is 1. The van der Waals surface area contributed by atoms with Crippen molar-refractivity contribution in [2.75, 3.05) is 13.7 Å². The van der Waals surface area contributed by atoms with Crippen molar-refractivity contribution in [2.45, 2.75) is 142 Å². The molecule has 0 atom stereocenters. The minimum absolute atomic E-state index is 0.212. The number of rotatable bonds is 22. The largest absolute Gasteiger partial charge is 0.481 e. The molecule has 0 aliphatic carbocycles. The van der Waals surface area contributed by atoms with E-state index in [4.69, 9.17) is 5.11 Å². The summed E-state index contributed by atoms with van der Waals surface area (Å²) in [4.78, 5) is 24.5. The van der Waals surface area contributed by atoms with Gasteiger partial charge in [0.1, 0.15) is 0 Å². The molecule has 0 heterocycles. The molecule has 32 heavy (non-hydrogen) atoms. The number of hydrogen-bond acceptors (Lipinski definition) is 4. The molecular weight excluding hydrogens is 402 g/mol. The van der Waals surface area contributed by atoms with Crippen molar-refractivity contribution in [3.63, 3.8) is 0 Å². The molecule has 0 aromatic rings. The first-order valence-corrected chi connectivity index (χ1v) is 13.3. The lowest BCUT2D eigenvalue weighted by molar-refractivity contribution is -0.139. The number of carbonyl (C=O) groups is 2. The van der Waals surface area contributed by atoms with E-state index in [2.05, 4.69) is 16.7 Å². The van der Waals surface area contributed by atoms with Crippen LogP contribution in [0.4, 0.5) is 0 Å². The summed E-state index contributed by atoms with van der Waals surface area (Å²) in [5, 5.41) is 7.72. The van der Waals surface area contributed by atoms with Crippen molar-refractivity contribution in [1.82, 2.24) is 0 Å². The monoisotopic (exact) mass is 455 g/mol. The lowest BCUT2D eigenvalue weighted by Gasteiger charge is -2.03. The SMILES string of the molecule is CCC(=O)O.CCCCCCCCCCCCCCCCCCCCN=CCC(=O)OC. The number of carboxylic acid groups (broad SMARTS) is 1. The van der Waals surface area contributed by atoms with Gasteiger partial charge in [-0.3, -0.25) is 14.6 Å². The zero-order valence-electron chi connectivity index (χ0n) is 21.5. The summed E-state index contributed by atoms with van der Waals surface area (Å²) < 4.78 is 4.56. The van der Waals surface area contributed by atoms with Crippen LogP contribution in [-0.4, -0.2) is 36.9 Å². The molecule has 5 heteroatoms. The quantitative estimate of drug-likeness (QED) is 0.101. The van der Waals surface area contributed by atoms with Crippen LogP contribution in [0.5, 0.6) is 0 Å². The van der Waals surface area contributed by atoms with Gasteiger partial charge in [0.05, 0.1) is 13.5 Å². The summed E-state index contributed by atoms with van der Waals surface area (Å²) in [5.41, 5.74) is 0. The van der Waals surface area contributed by atoms with E-state index in [1.165, 1.54) is 116 Å². The Morgan fingerprint density at radius 2 is 1.03 bits per heavy atom. The smallest absolute Gasteiger partial charge is 0.310 e. The molecule has 0 aliphatic rings. The highest BCUT2D eigenvalue weighted by Gasteiger charge is 1.96. The maximum Gasteiger partial charge on any atom is 0.310 e. The Bertz CT molecular complexity index is 424. The van der Waals surface area contributed by atoms with E-state index >= 15 is 0 Å². The molecule has 0 unspecified atom stereocenters. The second-order valence-corrected chi connectivity index (χ2v) is 8.63. The Morgan fingerprint density at radius 3 is 1.34 bits per heavy atom. The number of carbonyl (C=O) groups excluding carboxylic acids is 1. The third kappa shape index (κ3) is 33.3. The number of methoxy groups -OCH3 is 1. The molecule has 0 aliphatic heterocycles. The van der Waals surface area contributed by atoms with Crippen LogP contribution in [0.1, 0.15) is 142 Å². The predicted molar refractivity (Wildman–Crippen MR) is 137 cm³/mol. The van der Waals surface area contributed by atoms with Gasteiger partial charge < -0.3 is 9.84 Å². The van der Waals surface area contributed by atoms with Crippen molar-refractivity contribution >= 4 is 18.2 Å². The Kier molecular flexibility index (Phi) is 30.3. The predicted octanol–water partition coefficient (Wildman–Crippen LogP) is 8.14. The summed E-state index contributed by atoms with van der Waals surface area (Å²) in [6.45, 7) is 4.73. The number of unbranched alkanes of at least 4 members (excludes halogenated alkanes) is 17. The zero-order chi connectivity index (χ0) is 24.1. The second-order valence-electron chi connectivity index (χ2n) is 8.63. The van der Waals surface area contributed by atoms with Crippen molar-refractivity contribution in [3.8, 4) is 0 Å². The molecule has 5 nitrogen and oxygen atoms in total. The van der Waals surface area contributed by atoms with Crippen LogP contribution in [0.3, 0.4) is 0 Å². The third-order valence-electron chi connectivity index (χ3n) is 5.56. The first kappa shape index (κ1) is 32.8. The number of aliphatic imine (C=N–C) groups is 1. The number of hydrogen-bond donors (Lipinski definition) is 1. The van der Waals surface area contributed by atoms with Crippen molar-refractivity contribution in [3.05, 3.63) is 0 Å². The van der Waals surface area contributed by atoms with Gasteiger partial charge in [0.25, 0.3) is 0 Å². The summed E-state index contributed by atoms with van der Waals surface area (Å²) in [6.07, 6.45) is 27.4. The molecule has 0 aromatic carbocycles. The van der Waals surface area contributed by atoms with Crippen molar-refractivity contribution in [2.24, 2.45) is 4.99 Å². The molecule has 1 N–H and O–H groups in total. The van der Waals surface area contributed by atoms with Crippen molar-refractivity contribution in [1.29, 1.82) is 0 Å². The number of carboxylic acids is 1. The van der Waals surface area contributed by atoms with Crippen LogP contribution in [0.15, 0.2) is 4.99 Å². The Hall–Kier alpha value is -1.39. The summed E-state index contributed by atoms with van der Waals surface area (Å²) in [6, 6.07) is 0. The molecule has 0 saturated carbocycles. The summed E-state index contributed by atoms with van der Waals surface area (Å²) in [7, 11) is 1.41. The van der Waals surface area contributed by atoms with Crippen LogP contribution in [0.2, 0.25) is 0 Å². The zero-order valence-corrected chi connectivity index (χ0v) is 21.5. The highest BCUT2D eigenvalue weighted by Crippen LogP contribution is 2.14. The van der Waals surface area contributed by atoms with E-state index in [1.807, 2.05) is 0 Å². The maximum absolute atomic E-state index is 10.9. The Labute approximate surface area is 198 Å². The van der Waals surface area contributed by atoms with Crippen LogP contribution in [0.25, 0.3) is 0 Å². The molecule has 0 aromatic heterocycles. The van der Waals surface area contributed by atoms with Crippen LogP contribution in [0, 0.1) is 0 Å². The standard InChI is InChI=1S/C24H47NO2.C3H6O2/c1-3-4-5-6-7-8-9-10-11-12-13-14-15-16-17-18-19-20-22-25-23-21-24(26)27-2;1-2-3(4)5/h23H,3-22H2,1-2H3;2H2,1H3,(H,4,5). The second kappa shape index (κ2) is 29.6. The van der Waals surface area contributed by atoms with E-state index < -0.39 is 5.97 Å². The van der Waals surface area contributed by atoms with Gasteiger partial charge in [-0.05, 0) is 6.42 Å². The first-order chi connectivity index (χ1) is 15.6. The van der Waals surface area contributed by atoms with E-state index in [0.717, 1.165) is 13.0 Å². The van der Waals surface area contributed by atoms with Gasteiger partial charge in [0.2, 0.25) is 0 Å². The molecule has 0 amide bonds. The van der Waals surface area contributed by atoms with Gasteiger partial charge >= 0.3 is 11.9 Å². The average molecular weight is 456 g/mol. The molecule has 0 spiro atoms. The van der Waals surface area contributed by atoms with E-state index in [9.17, 15) is 9.59 Å². The fraction of sp³-hybridized carbons (Fsp3) is 0.889. The minimum Gasteiger partial charge on any atom is -0.481 e. The van der Waals surface area contributed by atoms with Gasteiger partial charge in [-0.15, -0.1) is 0 Å². The normalized spacial score (nSPS) is 10.7. The van der Waals surface area contributed by atoms with Crippen molar-refractivity contribution < 1.29 is 19.4 Å². The van der Waals surface area contributed by atoms with Crippen LogP contribution in [-0.2, 0) is 14.3 Å². The third-order valence-corrected chi connectivity index (χ3v) is 5.56.